The fraction of sp³-hybridized carbons (Fsp3) is 0.364. The molecule has 1 unspecified atom stereocenters. The molecule has 6 nitrogen and oxygen atoms in total. The molecule has 0 radical (unpaired) electrons. The fourth-order valence-corrected chi connectivity index (χ4v) is 3.88. The number of para-hydroxylation sites is 3. The van der Waals surface area contributed by atoms with Crippen molar-refractivity contribution in [3.05, 3.63) is 48.0 Å². The first-order valence-electron chi connectivity index (χ1n) is 9.49. The summed E-state index contributed by atoms with van der Waals surface area (Å²) in [5.41, 5.74) is 2.12. The highest BCUT2D eigenvalue weighted by Gasteiger charge is 2.33. The number of carbonyl (C=O) groups excluding carboxylic acids is 2. The Balaban J connectivity index is 1.55. The molecule has 1 N–H and O–H groups in total. The maximum atomic E-state index is 13.1. The van der Waals surface area contributed by atoms with Gasteiger partial charge in [-0.05, 0) is 39.0 Å². The van der Waals surface area contributed by atoms with Crippen molar-refractivity contribution < 1.29 is 19.1 Å². The lowest BCUT2D eigenvalue weighted by Crippen LogP contribution is -2.41. The highest BCUT2D eigenvalue weighted by atomic mass is 16.5. The van der Waals surface area contributed by atoms with Gasteiger partial charge in [0, 0.05) is 24.4 Å². The second kappa shape index (κ2) is 6.86. The molecule has 2 aromatic rings. The molecule has 2 aromatic carbocycles. The van der Waals surface area contributed by atoms with Gasteiger partial charge < -0.3 is 19.7 Å². The van der Waals surface area contributed by atoms with E-state index in [1.807, 2.05) is 57.2 Å². The van der Waals surface area contributed by atoms with E-state index in [-0.39, 0.29) is 36.5 Å². The van der Waals surface area contributed by atoms with Crippen molar-refractivity contribution >= 4 is 23.2 Å². The first kappa shape index (κ1) is 18.3. The Morgan fingerprint density at radius 3 is 2.86 bits per heavy atom. The first-order chi connectivity index (χ1) is 13.3. The summed E-state index contributed by atoms with van der Waals surface area (Å²) < 4.78 is 11.9. The van der Waals surface area contributed by atoms with Crippen LogP contribution in [0.3, 0.4) is 0 Å². The van der Waals surface area contributed by atoms with E-state index in [2.05, 4.69) is 5.32 Å². The van der Waals surface area contributed by atoms with Crippen LogP contribution in [-0.2, 0) is 16.0 Å². The average Bonchev–Trinajstić information content (AvgIpc) is 2.88. The Morgan fingerprint density at radius 2 is 2.04 bits per heavy atom. The number of anilines is 2. The van der Waals surface area contributed by atoms with Crippen LogP contribution in [0, 0.1) is 0 Å². The Hall–Kier alpha value is -3.02. The zero-order valence-corrected chi connectivity index (χ0v) is 16.3. The maximum absolute atomic E-state index is 13.1. The summed E-state index contributed by atoms with van der Waals surface area (Å²) in [4.78, 5) is 26.8. The molecule has 0 saturated carbocycles. The van der Waals surface area contributed by atoms with Crippen molar-refractivity contribution in [3.63, 3.8) is 0 Å². The molecule has 2 aliphatic heterocycles. The van der Waals surface area contributed by atoms with Gasteiger partial charge in [-0.15, -0.1) is 0 Å². The van der Waals surface area contributed by atoms with Gasteiger partial charge in [-0.1, -0.05) is 24.3 Å². The zero-order valence-electron chi connectivity index (χ0n) is 16.3. The van der Waals surface area contributed by atoms with E-state index in [0.29, 0.717) is 22.9 Å². The van der Waals surface area contributed by atoms with Gasteiger partial charge in [0.15, 0.2) is 18.1 Å². The van der Waals surface area contributed by atoms with E-state index in [9.17, 15) is 9.59 Å². The quantitative estimate of drug-likeness (QED) is 0.884. The molecule has 1 atom stereocenters. The smallest absolute Gasteiger partial charge is 0.265 e. The average molecular weight is 380 g/mol. The number of ether oxygens (including phenoxy) is 2. The third kappa shape index (κ3) is 3.42. The third-order valence-corrected chi connectivity index (χ3v) is 5.03. The SMILES string of the molecule is CC1CC(=O)Nc2ccccc2N1C(=O)COc1cccc2c1OC(C)(C)C2. The lowest BCUT2D eigenvalue weighted by Gasteiger charge is -2.28. The van der Waals surface area contributed by atoms with E-state index in [1.165, 1.54) is 0 Å². The number of hydrogen-bond acceptors (Lipinski definition) is 4. The van der Waals surface area contributed by atoms with Gasteiger partial charge in [-0.25, -0.2) is 0 Å². The Kier molecular flexibility index (Phi) is 4.49. The minimum atomic E-state index is -0.282. The van der Waals surface area contributed by atoms with E-state index in [4.69, 9.17) is 9.47 Å². The van der Waals surface area contributed by atoms with Gasteiger partial charge in [0.25, 0.3) is 5.91 Å². The Morgan fingerprint density at radius 1 is 1.25 bits per heavy atom. The highest BCUT2D eigenvalue weighted by molar-refractivity contribution is 6.04. The van der Waals surface area contributed by atoms with Gasteiger partial charge in [-0.3, -0.25) is 9.59 Å². The standard InChI is InChI=1S/C22H24N2O4/c1-14-11-19(25)23-16-8-4-5-9-17(16)24(14)20(26)13-27-18-10-6-7-15-12-22(2,3)28-21(15)18/h4-10,14H,11-13H2,1-3H3,(H,23,25). The number of carbonyl (C=O) groups is 2. The number of fused-ring (bicyclic) bond motifs is 2. The first-order valence-corrected chi connectivity index (χ1v) is 9.49. The van der Waals surface area contributed by atoms with Crippen molar-refractivity contribution in [3.8, 4) is 11.5 Å². The summed E-state index contributed by atoms with van der Waals surface area (Å²) in [6.07, 6.45) is 1.04. The molecule has 0 fully saturated rings. The molecule has 2 aliphatic rings. The van der Waals surface area contributed by atoms with Crippen molar-refractivity contribution in [2.75, 3.05) is 16.8 Å². The molecule has 4 rings (SSSR count). The van der Waals surface area contributed by atoms with Gasteiger partial charge >= 0.3 is 0 Å². The summed E-state index contributed by atoms with van der Waals surface area (Å²) in [5, 5.41) is 2.86. The maximum Gasteiger partial charge on any atom is 0.265 e. The summed E-state index contributed by atoms with van der Waals surface area (Å²) in [6, 6.07) is 12.8. The highest BCUT2D eigenvalue weighted by Crippen LogP contribution is 2.41. The predicted molar refractivity (Wildman–Crippen MR) is 107 cm³/mol. The summed E-state index contributed by atoms with van der Waals surface area (Å²) in [5.74, 6) is 0.974. The van der Waals surface area contributed by atoms with Gasteiger partial charge in [0.05, 0.1) is 11.4 Å². The number of nitrogens with one attached hydrogen (secondary N) is 1. The minimum Gasteiger partial charge on any atom is -0.483 e. The lowest BCUT2D eigenvalue weighted by molar-refractivity contribution is -0.121. The molecule has 0 saturated heterocycles. The van der Waals surface area contributed by atoms with Crippen LogP contribution in [0.15, 0.2) is 42.5 Å². The molecule has 2 amide bonds. The van der Waals surface area contributed by atoms with Crippen LogP contribution >= 0.6 is 0 Å². The van der Waals surface area contributed by atoms with Gasteiger partial charge in [0.1, 0.15) is 5.60 Å². The van der Waals surface area contributed by atoms with Crippen LogP contribution in [0.4, 0.5) is 11.4 Å². The number of nitrogens with zero attached hydrogens (tertiary/aromatic N) is 1. The van der Waals surface area contributed by atoms with Crippen molar-refractivity contribution in [2.24, 2.45) is 0 Å². The monoisotopic (exact) mass is 380 g/mol. The summed E-state index contributed by atoms with van der Waals surface area (Å²) >= 11 is 0. The Labute approximate surface area is 164 Å². The van der Waals surface area contributed by atoms with Gasteiger partial charge in [0.2, 0.25) is 5.91 Å². The molecular formula is C22H24N2O4. The van der Waals surface area contributed by atoms with E-state index in [1.54, 1.807) is 11.0 Å². The summed E-state index contributed by atoms with van der Waals surface area (Å²) in [7, 11) is 0. The zero-order chi connectivity index (χ0) is 19.9. The van der Waals surface area contributed by atoms with Crippen molar-refractivity contribution in [2.45, 2.75) is 45.3 Å². The van der Waals surface area contributed by atoms with Crippen LogP contribution < -0.4 is 19.7 Å². The molecule has 0 spiro atoms. The van der Waals surface area contributed by atoms with E-state index < -0.39 is 0 Å². The third-order valence-electron chi connectivity index (χ3n) is 5.03. The van der Waals surface area contributed by atoms with Gasteiger partial charge in [-0.2, -0.15) is 0 Å². The van der Waals surface area contributed by atoms with Crippen LogP contribution in [-0.4, -0.2) is 30.1 Å². The van der Waals surface area contributed by atoms with Crippen LogP contribution in [0.1, 0.15) is 32.8 Å². The van der Waals surface area contributed by atoms with Crippen LogP contribution in [0.5, 0.6) is 11.5 Å². The largest absolute Gasteiger partial charge is 0.483 e. The van der Waals surface area contributed by atoms with Crippen LogP contribution in [0.25, 0.3) is 0 Å². The minimum absolute atomic E-state index is 0.104. The topological polar surface area (TPSA) is 67.9 Å². The lowest BCUT2D eigenvalue weighted by atomic mass is 10.0. The molecule has 2 heterocycles. The predicted octanol–water partition coefficient (Wildman–Crippen LogP) is 3.54. The Bertz CT molecular complexity index is 938. The molecule has 146 valence electrons. The van der Waals surface area contributed by atoms with Crippen molar-refractivity contribution in [1.29, 1.82) is 0 Å². The second-order valence-electron chi connectivity index (χ2n) is 7.95. The second-order valence-corrected chi connectivity index (χ2v) is 7.95. The van der Waals surface area contributed by atoms with Crippen molar-refractivity contribution in [1.82, 2.24) is 0 Å². The van der Waals surface area contributed by atoms with Crippen LogP contribution in [0.2, 0.25) is 0 Å². The summed E-state index contributed by atoms with van der Waals surface area (Å²) in [6.45, 7) is 5.79. The molecule has 0 bridgehead atoms. The number of rotatable bonds is 3. The number of benzene rings is 2. The van der Waals surface area contributed by atoms with E-state index >= 15 is 0 Å². The molecule has 0 aliphatic carbocycles. The number of amides is 2. The molecule has 0 aromatic heterocycles. The van der Waals surface area contributed by atoms with E-state index in [0.717, 1.165) is 12.0 Å². The normalized spacial score (nSPS) is 19.8. The molecular weight excluding hydrogens is 356 g/mol. The molecule has 28 heavy (non-hydrogen) atoms. The molecule has 6 heteroatoms. The fourth-order valence-electron chi connectivity index (χ4n) is 3.88. The number of hydrogen-bond donors (Lipinski definition) is 1.